The van der Waals surface area contributed by atoms with Gasteiger partial charge in [-0.25, -0.2) is 4.79 Å². The average Bonchev–Trinajstić information content (AvgIpc) is 3.20. The molecule has 1 aliphatic rings. The largest absolute Gasteiger partial charge is 0.456 e. The summed E-state index contributed by atoms with van der Waals surface area (Å²) in [6.07, 6.45) is 4.40. The highest BCUT2D eigenvalue weighted by Crippen LogP contribution is 2.22. The Bertz CT molecular complexity index is 1040. The van der Waals surface area contributed by atoms with Crippen LogP contribution in [0.3, 0.4) is 0 Å². The summed E-state index contributed by atoms with van der Waals surface area (Å²) in [6.45, 7) is 1.50. The summed E-state index contributed by atoms with van der Waals surface area (Å²) < 4.78 is 5.12. The Morgan fingerprint density at radius 3 is 2.59 bits per heavy atom. The first-order valence-corrected chi connectivity index (χ1v) is 9.74. The van der Waals surface area contributed by atoms with Gasteiger partial charge in [0.1, 0.15) is 0 Å². The van der Waals surface area contributed by atoms with Crippen LogP contribution < -0.4 is 0 Å². The highest BCUT2D eigenvalue weighted by Gasteiger charge is 2.15. The number of esters is 1. The number of carbonyl (C=O) groups is 2. The number of Topliss-reactive ketones (excluding diaryl/α,β-unsaturated/α-hetero) is 1. The Labute approximate surface area is 168 Å². The number of ether oxygens (including phenoxy) is 1. The van der Waals surface area contributed by atoms with E-state index in [1.54, 1.807) is 0 Å². The lowest BCUT2D eigenvalue weighted by molar-refractivity contribution is -0.143. The maximum atomic E-state index is 12.4. The van der Waals surface area contributed by atoms with Gasteiger partial charge in [0.15, 0.2) is 18.9 Å². The van der Waals surface area contributed by atoms with Gasteiger partial charge in [-0.3, -0.25) is 4.79 Å². The van der Waals surface area contributed by atoms with Crippen LogP contribution in [-0.4, -0.2) is 38.6 Å². The van der Waals surface area contributed by atoms with E-state index in [1.807, 2.05) is 49.4 Å². The summed E-state index contributed by atoms with van der Waals surface area (Å²) in [5.74, 6) is -0.356. The van der Waals surface area contributed by atoms with E-state index in [1.165, 1.54) is 22.3 Å². The average molecular weight is 390 g/mol. The lowest BCUT2D eigenvalue weighted by Crippen LogP contribution is -2.20. The number of fused-ring (bicyclic) bond motifs is 1. The first-order valence-electron chi connectivity index (χ1n) is 9.74. The minimum absolute atomic E-state index is 0.198. The van der Waals surface area contributed by atoms with Gasteiger partial charge in [-0.05, 0) is 55.0 Å². The van der Waals surface area contributed by atoms with Crippen LogP contribution >= 0.6 is 0 Å². The SMILES string of the molecule is Cc1ccc(-c2nnn(CC(=O)OCC(=O)c3ccc4c(c3)CCCC4)n2)cc1. The lowest BCUT2D eigenvalue weighted by Gasteiger charge is -2.16. The predicted molar refractivity (Wildman–Crippen MR) is 106 cm³/mol. The van der Waals surface area contributed by atoms with Crippen LogP contribution in [0.25, 0.3) is 11.4 Å². The third-order valence-electron chi connectivity index (χ3n) is 5.07. The van der Waals surface area contributed by atoms with Crippen LogP contribution in [0.1, 0.15) is 39.9 Å². The van der Waals surface area contributed by atoms with Gasteiger partial charge < -0.3 is 4.74 Å². The Balaban J connectivity index is 1.32. The fourth-order valence-electron chi connectivity index (χ4n) is 3.43. The summed E-state index contributed by atoms with van der Waals surface area (Å²) >= 11 is 0. The third kappa shape index (κ3) is 4.56. The second-order valence-electron chi connectivity index (χ2n) is 7.28. The van der Waals surface area contributed by atoms with E-state index in [0.29, 0.717) is 11.4 Å². The summed E-state index contributed by atoms with van der Waals surface area (Å²) in [4.78, 5) is 25.6. The van der Waals surface area contributed by atoms with Crippen LogP contribution in [-0.2, 0) is 28.9 Å². The standard InChI is InChI=1S/C22H22N4O3/c1-15-6-8-17(9-7-15)22-23-25-26(24-22)13-21(28)29-14-20(27)19-11-10-16-4-2-3-5-18(16)12-19/h6-12H,2-5,13-14H2,1H3. The van der Waals surface area contributed by atoms with Crippen molar-refractivity contribution in [3.05, 3.63) is 64.7 Å². The molecule has 0 aliphatic heterocycles. The van der Waals surface area contributed by atoms with Crippen LogP contribution in [0.2, 0.25) is 0 Å². The van der Waals surface area contributed by atoms with E-state index in [9.17, 15) is 9.59 Å². The number of nitrogens with zero attached hydrogens (tertiary/aromatic N) is 4. The van der Waals surface area contributed by atoms with Gasteiger partial charge in [0.05, 0.1) is 0 Å². The van der Waals surface area contributed by atoms with Crippen molar-refractivity contribution in [1.29, 1.82) is 0 Å². The fourth-order valence-corrected chi connectivity index (χ4v) is 3.43. The van der Waals surface area contributed by atoms with Gasteiger partial charge in [-0.1, -0.05) is 42.0 Å². The van der Waals surface area contributed by atoms with Crippen molar-refractivity contribution in [3.8, 4) is 11.4 Å². The van der Waals surface area contributed by atoms with Crippen molar-refractivity contribution in [2.75, 3.05) is 6.61 Å². The number of aromatic nitrogens is 4. The number of aryl methyl sites for hydroxylation is 3. The molecule has 0 unspecified atom stereocenters. The molecule has 3 aromatic rings. The fraction of sp³-hybridized carbons (Fsp3) is 0.318. The second kappa shape index (κ2) is 8.34. The minimum atomic E-state index is -0.579. The molecule has 0 N–H and O–H groups in total. The normalized spacial score (nSPS) is 13.0. The predicted octanol–water partition coefficient (Wildman–Crippen LogP) is 2.95. The molecule has 0 saturated carbocycles. The maximum absolute atomic E-state index is 12.4. The van der Waals surface area contributed by atoms with Crippen LogP contribution in [0.5, 0.6) is 0 Å². The zero-order valence-electron chi connectivity index (χ0n) is 16.3. The molecule has 1 aliphatic carbocycles. The summed E-state index contributed by atoms with van der Waals surface area (Å²) in [5, 5.41) is 12.0. The first-order chi connectivity index (χ1) is 14.1. The molecule has 2 aromatic carbocycles. The number of tetrazole rings is 1. The van der Waals surface area contributed by atoms with E-state index in [4.69, 9.17) is 4.74 Å². The zero-order chi connectivity index (χ0) is 20.2. The third-order valence-corrected chi connectivity index (χ3v) is 5.07. The Kier molecular flexibility index (Phi) is 5.46. The van der Waals surface area contributed by atoms with Gasteiger partial charge in [-0.15, -0.1) is 10.2 Å². The highest BCUT2D eigenvalue weighted by molar-refractivity contribution is 5.98. The van der Waals surface area contributed by atoms with Crippen LogP contribution in [0.4, 0.5) is 0 Å². The summed E-state index contributed by atoms with van der Waals surface area (Å²) in [5.41, 5.74) is 5.07. The van der Waals surface area contributed by atoms with Gasteiger partial charge >= 0.3 is 5.97 Å². The van der Waals surface area contributed by atoms with Crippen molar-refractivity contribution in [2.24, 2.45) is 0 Å². The zero-order valence-corrected chi connectivity index (χ0v) is 16.3. The number of benzene rings is 2. The molecular weight excluding hydrogens is 368 g/mol. The van der Waals surface area contributed by atoms with Crippen molar-refractivity contribution in [3.63, 3.8) is 0 Å². The molecule has 0 spiro atoms. The maximum Gasteiger partial charge on any atom is 0.330 e. The van der Waals surface area contributed by atoms with E-state index < -0.39 is 5.97 Å². The molecule has 1 aromatic heterocycles. The number of rotatable bonds is 6. The highest BCUT2D eigenvalue weighted by atomic mass is 16.5. The molecule has 0 atom stereocenters. The Hall–Kier alpha value is -3.35. The summed E-state index contributed by atoms with van der Waals surface area (Å²) in [7, 11) is 0. The molecule has 7 nitrogen and oxygen atoms in total. The van der Waals surface area contributed by atoms with Crippen LogP contribution in [0.15, 0.2) is 42.5 Å². The van der Waals surface area contributed by atoms with Gasteiger partial charge in [0, 0.05) is 11.1 Å². The molecule has 0 fully saturated rings. The smallest absolute Gasteiger partial charge is 0.330 e. The molecule has 0 saturated heterocycles. The molecule has 29 heavy (non-hydrogen) atoms. The number of carbonyl (C=O) groups excluding carboxylic acids is 2. The van der Waals surface area contributed by atoms with Gasteiger partial charge in [0.2, 0.25) is 5.82 Å². The van der Waals surface area contributed by atoms with Crippen molar-refractivity contribution < 1.29 is 14.3 Å². The van der Waals surface area contributed by atoms with E-state index >= 15 is 0 Å². The second-order valence-corrected chi connectivity index (χ2v) is 7.28. The molecule has 7 heteroatoms. The Morgan fingerprint density at radius 1 is 1.03 bits per heavy atom. The monoisotopic (exact) mass is 390 g/mol. The molecule has 0 radical (unpaired) electrons. The number of hydrogen-bond donors (Lipinski definition) is 0. The molecule has 4 rings (SSSR count). The number of ketones is 1. The molecule has 148 valence electrons. The Morgan fingerprint density at radius 2 is 1.79 bits per heavy atom. The number of hydrogen-bond acceptors (Lipinski definition) is 6. The summed E-state index contributed by atoms with van der Waals surface area (Å²) in [6, 6.07) is 13.5. The van der Waals surface area contributed by atoms with E-state index in [2.05, 4.69) is 15.4 Å². The first kappa shape index (κ1) is 19.0. The topological polar surface area (TPSA) is 87.0 Å². The van der Waals surface area contributed by atoms with Gasteiger partial charge in [0.25, 0.3) is 0 Å². The molecule has 0 bridgehead atoms. The molecule has 1 heterocycles. The van der Waals surface area contributed by atoms with Gasteiger partial charge in [-0.2, -0.15) is 4.80 Å². The molecular formula is C22H22N4O3. The molecule has 0 amide bonds. The lowest BCUT2D eigenvalue weighted by atomic mass is 9.90. The minimum Gasteiger partial charge on any atom is -0.456 e. The van der Waals surface area contributed by atoms with Crippen LogP contribution in [0, 0.1) is 6.92 Å². The van der Waals surface area contributed by atoms with Crippen molar-refractivity contribution >= 4 is 11.8 Å². The van der Waals surface area contributed by atoms with Crippen molar-refractivity contribution in [1.82, 2.24) is 20.2 Å². The van der Waals surface area contributed by atoms with E-state index in [-0.39, 0.29) is 18.9 Å². The quantitative estimate of drug-likeness (QED) is 0.475. The van der Waals surface area contributed by atoms with Crippen molar-refractivity contribution in [2.45, 2.75) is 39.2 Å². The van der Waals surface area contributed by atoms with E-state index in [0.717, 1.165) is 30.4 Å².